The number of nitrogens with zero attached hydrogens (tertiary/aromatic N) is 4. The number of allylic oxidation sites excluding steroid dienone is 1. The molecule has 220 valence electrons. The van der Waals surface area contributed by atoms with E-state index in [0.717, 1.165) is 29.5 Å². The predicted octanol–water partition coefficient (Wildman–Crippen LogP) is 4.27. The van der Waals surface area contributed by atoms with Gasteiger partial charge in [0.1, 0.15) is 5.82 Å². The molecule has 0 amide bonds. The lowest BCUT2D eigenvalue weighted by Crippen LogP contribution is -2.26. The Hall–Kier alpha value is -4.48. The summed E-state index contributed by atoms with van der Waals surface area (Å²) in [6.45, 7) is 4.39. The summed E-state index contributed by atoms with van der Waals surface area (Å²) in [6, 6.07) is 11.6. The van der Waals surface area contributed by atoms with Crippen molar-refractivity contribution in [3.63, 3.8) is 0 Å². The number of carbonyl (C=O) groups is 1. The Morgan fingerprint density at radius 1 is 1.17 bits per heavy atom. The van der Waals surface area contributed by atoms with Crippen molar-refractivity contribution < 1.29 is 23.7 Å². The highest BCUT2D eigenvalue weighted by Gasteiger charge is 2.34. The highest BCUT2D eigenvalue weighted by molar-refractivity contribution is 6.07. The second-order valence-corrected chi connectivity index (χ2v) is 10.7. The number of benzene rings is 2. The fraction of sp³-hybridized carbons (Fsp3) is 0.355. The molecule has 0 saturated carbocycles. The molecule has 0 aliphatic carbocycles. The van der Waals surface area contributed by atoms with E-state index in [1.807, 2.05) is 43.3 Å². The summed E-state index contributed by atoms with van der Waals surface area (Å²) in [5.41, 5.74) is 15.7. The first kappa shape index (κ1) is 29.0. The molecular formula is C31H36N6O5. The minimum absolute atomic E-state index is 0.00881. The van der Waals surface area contributed by atoms with Crippen molar-refractivity contribution in [1.29, 1.82) is 0 Å². The second kappa shape index (κ2) is 12.2. The molecule has 2 atom stereocenters. The van der Waals surface area contributed by atoms with E-state index in [1.165, 1.54) is 20.3 Å². The number of methoxy groups -OCH3 is 2. The second-order valence-electron chi connectivity index (χ2n) is 10.7. The third kappa shape index (κ3) is 6.37. The first-order valence-corrected chi connectivity index (χ1v) is 13.7. The summed E-state index contributed by atoms with van der Waals surface area (Å²) in [6.07, 6.45) is 8.49. The Labute approximate surface area is 245 Å². The Morgan fingerprint density at radius 2 is 1.98 bits per heavy atom. The maximum atomic E-state index is 13.6. The van der Waals surface area contributed by atoms with Gasteiger partial charge in [-0.2, -0.15) is 10.1 Å². The molecule has 4 N–H and O–H groups in total. The van der Waals surface area contributed by atoms with E-state index < -0.39 is 5.79 Å². The Balaban J connectivity index is 1.40. The fourth-order valence-electron chi connectivity index (χ4n) is 5.29. The van der Waals surface area contributed by atoms with E-state index >= 15 is 0 Å². The van der Waals surface area contributed by atoms with Crippen molar-refractivity contribution in [2.75, 3.05) is 32.3 Å². The summed E-state index contributed by atoms with van der Waals surface area (Å²) in [7, 11) is 3.03. The van der Waals surface area contributed by atoms with Gasteiger partial charge in [0.2, 0.25) is 5.95 Å². The summed E-state index contributed by atoms with van der Waals surface area (Å²) >= 11 is 0. The van der Waals surface area contributed by atoms with Gasteiger partial charge in [-0.3, -0.25) is 9.80 Å². The van der Waals surface area contributed by atoms with Crippen molar-refractivity contribution in [2.45, 2.75) is 51.0 Å². The van der Waals surface area contributed by atoms with Gasteiger partial charge in [-0.05, 0) is 55.5 Å². The smallest absolute Gasteiger partial charge is 0.221 e. The van der Waals surface area contributed by atoms with Gasteiger partial charge in [0.15, 0.2) is 23.1 Å². The van der Waals surface area contributed by atoms with Crippen LogP contribution in [-0.4, -0.2) is 59.7 Å². The lowest BCUT2D eigenvalue weighted by Gasteiger charge is -2.31. The fourth-order valence-corrected chi connectivity index (χ4v) is 5.29. The van der Waals surface area contributed by atoms with E-state index in [4.69, 9.17) is 30.4 Å². The van der Waals surface area contributed by atoms with Gasteiger partial charge in [-0.25, -0.2) is 4.98 Å². The number of hydrogen-bond acceptors (Lipinski definition) is 11. The number of hydrogen-bond donors (Lipinski definition) is 2. The van der Waals surface area contributed by atoms with Crippen LogP contribution in [-0.2, 0) is 15.9 Å². The van der Waals surface area contributed by atoms with E-state index in [9.17, 15) is 4.79 Å². The number of anilines is 2. The van der Waals surface area contributed by atoms with Gasteiger partial charge < -0.3 is 30.4 Å². The summed E-state index contributed by atoms with van der Waals surface area (Å²) in [5.74, 6) is 0.279. The Bertz CT molecular complexity index is 1520. The van der Waals surface area contributed by atoms with Crippen LogP contribution in [0.2, 0.25) is 0 Å². The minimum atomic E-state index is -0.583. The van der Waals surface area contributed by atoms with Crippen LogP contribution in [0, 0.1) is 0 Å². The average molecular weight is 573 g/mol. The van der Waals surface area contributed by atoms with Crippen molar-refractivity contribution in [2.24, 2.45) is 5.10 Å². The number of ketones is 1. The molecule has 5 rings (SSSR count). The Kier molecular flexibility index (Phi) is 8.41. The normalized spacial score (nSPS) is 19.2. The molecule has 2 aliphatic heterocycles. The molecular weight excluding hydrogens is 536 g/mol. The van der Waals surface area contributed by atoms with Gasteiger partial charge in [0.05, 0.1) is 44.8 Å². The SMILES string of the molecule is COc1cc(Cc2cnc(N)nc2N)cc(C(=O)C=CN2N=Cc3ccccc3C2CCC2COC(C)(C)O2)c1OC. The maximum absolute atomic E-state index is 13.6. The van der Waals surface area contributed by atoms with Crippen molar-refractivity contribution >= 4 is 23.8 Å². The highest BCUT2D eigenvalue weighted by Crippen LogP contribution is 2.36. The van der Waals surface area contributed by atoms with E-state index in [1.54, 1.807) is 24.5 Å². The summed E-state index contributed by atoms with van der Waals surface area (Å²) in [4.78, 5) is 21.7. The van der Waals surface area contributed by atoms with Crippen LogP contribution < -0.4 is 20.9 Å². The van der Waals surface area contributed by atoms with E-state index in [0.29, 0.717) is 35.7 Å². The number of fused-ring (bicyclic) bond motifs is 1. The molecule has 0 spiro atoms. The molecule has 0 radical (unpaired) electrons. The maximum Gasteiger partial charge on any atom is 0.221 e. The van der Waals surface area contributed by atoms with Gasteiger partial charge in [-0.1, -0.05) is 24.3 Å². The third-order valence-corrected chi connectivity index (χ3v) is 7.33. The number of rotatable bonds is 10. The van der Waals surface area contributed by atoms with Crippen molar-refractivity contribution in [3.05, 3.63) is 82.7 Å². The monoisotopic (exact) mass is 572 g/mol. The molecule has 11 nitrogen and oxygen atoms in total. The predicted molar refractivity (Wildman–Crippen MR) is 159 cm³/mol. The van der Waals surface area contributed by atoms with Crippen LogP contribution in [0.3, 0.4) is 0 Å². The zero-order chi connectivity index (χ0) is 29.9. The topological polar surface area (TPSA) is 147 Å². The zero-order valence-corrected chi connectivity index (χ0v) is 24.2. The van der Waals surface area contributed by atoms with Gasteiger partial charge in [0.25, 0.3) is 0 Å². The van der Waals surface area contributed by atoms with Gasteiger partial charge >= 0.3 is 0 Å². The molecule has 3 aromatic rings. The number of carbonyl (C=O) groups excluding carboxylic acids is 1. The van der Waals surface area contributed by atoms with Gasteiger partial charge in [-0.15, -0.1) is 0 Å². The molecule has 1 fully saturated rings. The third-order valence-electron chi connectivity index (χ3n) is 7.33. The van der Waals surface area contributed by atoms with Crippen LogP contribution in [0.25, 0.3) is 0 Å². The van der Waals surface area contributed by atoms with E-state index in [-0.39, 0.29) is 29.7 Å². The molecule has 2 unspecified atom stereocenters. The number of nitrogens with two attached hydrogens (primary N) is 2. The zero-order valence-electron chi connectivity index (χ0n) is 24.2. The van der Waals surface area contributed by atoms with Crippen LogP contribution in [0.15, 0.2) is 60.0 Å². The number of nitrogen functional groups attached to an aromatic ring is 2. The summed E-state index contributed by atoms with van der Waals surface area (Å²) in [5, 5.41) is 6.48. The number of aromatic nitrogens is 2. The molecule has 2 aromatic carbocycles. The lowest BCUT2D eigenvalue weighted by atomic mass is 9.94. The number of hydrazone groups is 1. The standard InChI is InChI=1S/C31H36N6O5/c1-31(2)41-18-22(42-31)9-10-25-23-8-6-5-7-20(23)17-35-37(25)12-11-26(38)24-14-19(15-27(39-3)28(24)40-4)13-21-16-34-30(33)36-29(21)32/h5-8,11-12,14-17,22,25H,9-10,13,18H2,1-4H3,(H4,32,33,34,36). The molecule has 1 saturated heterocycles. The number of ether oxygens (including phenoxy) is 4. The molecule has 0 bridgehead atoms. The lowest BCUT2D eigenvalue weighted by molar-refractivity contribution is -0.139. The van der Waals surface area contributed by atoms with Gasteiger partial charge in [0, 0.05) is 30.5 Å². The van der Waals surface area contributed by atoms with Crippen LogP contribution in [0.1, 0.15) is 65.3 Å². The quantitative estimate of drug-likeness (QED) is 0.267. The molecule has 3 heterocycles. The van der Waals surface area contributed by atoms with Crippen molar-refractivity contribution in [1.82, 2.24) is 15.0 Å². The van der Waals surface area contributed by atoms with Crippen LogP contribution in [0.4, 0.5) is 11.8 Å². The van der Waals surface area contributed by atoms with Crippen molar-refractivity contribution in [3.8, 4) is 11.5 Å². The first-order chi connectivity index (χ1) is 20.2. The molecule has 11 heteroatoms. The van der Waals surface area contributed by atoms with E-state index in [2.05, 4.69) is 21.1 Å². The first-order valence-electron chi connectivity index (χ1n) is 13.7. The largest absolute Gasteiger partial charge is 0.493 e. The highest BCUT2D eigenvalue weighted by atomic mass is 16.7. The Morgan fingerprint density at radius 3 is 2.69 bits per heavy atom. The van der Waals surface area contributed by atoms with Crippen LogP contribution in [0.5, 0.6) is 11.5 Å². The van der Waals surface area contributed by atoms with Crippen LogP contribution >= 0.6 is 0 Å². The average Bonchev–Trinajstić information content (AvgIpc) is 3.33. The molecule has 42 heavy (non-hydrogen) atoms. The minimum Gasteiger partial charge on any atom is -0.493 e. The molecule has 1 aromatic heterocycles. The molecule has 2 aliphatic rings. The summed E-state index contributed by atoms with van der Waals surface area (Å²) < 4.78 is 22.9.